The van der Waals surface area contributed by atoms with E-state index in [-0.39, 0.29) is 31.8 Å². The number of nitrogens with zero attached hydrogens (tertiary/aromatic N) is 1. The predicted octanol–water partition coefficient (Wildman–Crippen LogP) is 4.02. The van der Waals surface area contributed by atoms with E-state index in [1.807, 2.05) is 30.3 Å². The van der Waals surface area contributed by atoms with Crippen molar-refractivity contribution in [3.63, 3.8) is 0 Å². The lowest BCUT2D eigenvalue weighted by molar-refractivity contribution is -0.152. The van der Waals surface area contributed by atoms with Crippen molar-refractivity contribution in [1.29, 1.82) is 0 Å². The van der Waals surface area contributed by atoms with Crippen LogP contribution in [-0.4, -0.2) is 47.2 Å². The van der Waals surface area contributed by atoms with Crippen LogP contribution in [0.4, 0.5) is 4.79 Å². The maximum absolute atomic E-state index is 13.0. The maximum atomic E-state index is 13.0. The summed E-state index contributed by atoms with van der Waals surface area (Å²) in [6, 6.07) is 9.32. The molecule has 2 amide bonds. The lowest BCUT2D eigenvalue weighted by Crippen LogP contribution is -2.57. The van der Waals surface area contributed by atoms with Crippen LogP contribution in [0.1, 0.15) is 69.8 Å². The van der Waals surface area contributed by atoms with Crippen LogP contribution in [0.2, 0.25) is 0 Å². The van der Waals surface area contributed by atoms with E-state index in [9.17, 15) is 14.7 Å². The molecule has 30 heavy (non-hydrogen) atoms. The number of aliphatic hydroxyl groups is 1. The van der Waals surface area contributed by atoms with Crippen LogP contribution in [-0.2, 0) is 16.1 Å². The summed E-state index contributed by atoms with van der Waals surface area (Å²) in [4.78, 5) is 27.7. The standard InChI is InChI=1S/C24H36N2O4/c27-18-17-26(16-13-20-9-3-1-4-10-20)23(29)25-24(14-7-8-15-24)22(28)30-19-21-11-5-2-6-12-21/h2,5-6,11-12,20,27H,1,3-4,7-10,13-19H2,(H,25,29). The van der Waals surface area contributed by atoms with Crippen molar-refractivity contribution in [2.45, 2.75) is 76.4 Å². The van der Waals surface area contributed by atoms with Gasteiger partial charge in [-0.15, -0.1) is 0 Å². The molecule has 6 heteroatoms. The molecule has 166 valence electrons. The highest BCUT2D eigenvalue weighted by atomic mass is 16.5. The van der Waals surface area contributed by atoms with Crippen LogP contribution < -0.4 is 5.32 Å². The Kier molecular flexibility index (Phi) is 8.55. The number of amides is 2. The van der Waals surface area contributed by atoms with Gasteiger partial charge in [-0.1, -0.05) is 75.3 Å². The van der Waals surface area contributed by atoms with Crippen LogP contribution in [0.15, 0.2) is 30.3 Å². The first-order valence-electron chi connectivity index (χ1n) is 11.5. The molecule has 0 aromatic heterocycles. The summed E-state index contributed by atoms with van der Waals surface area (Å²) in [5.41, 5.74) is -0.0237. The summed E-state index contributed by atoms with van der Waals surface area (Å²) in [5, 5.41) is 12.5. The molecule has 0 atom stereocenters. The second kappa shape index (κ2) is 11.3. The van der Waals surface area contributed by atoms with Crippen LogP contribution in [0.5, 0.6) is 0 Å². The fourth-order valence-corrected chi connectivity index (χ4v) is 4.75. The van der Waals surface area contributed by atoms with Crippen molar-refractivity contribution in [1.82, 2.24) is 10.2 Å². The van der Waals surface area contributed by atoms with Gasteiger partial charge in [0.05, 0.1) is 6.61 Å². The SMILES string of the molecule is O=C(NC1(C(=O)OCc2ccccc2)CCCC1)N(CCO)CCC1CCCCC1. The van der Waals surface area contributed by atoms with Crippen LogP contribution in [0.25, 0.3) is 0 Å². The fourth-order valence-electron chi connectivity index (χ4n) is 4.75. The van der Waals surface area contributed by atoms with Gasteiger partial charge in [0.15, 0.2) is 0 Å². The van der Waals surface area contributed by atoms with Gasteiger partial charge in [0.1, 0.15) is 12.1 Å². The van der Waals surface area contributed by atoms with E-state index >= 15 is 0 Å². The average Bonchev–Trinajstić information content (AvgIpc) is 3.26. The van der Waals surface area contributed by atoms with Crippen molar-refractivity contribution in [2.24, 2.45) is 5.92 Å². The minimum absolute atomic E-state index is 0.0798. The zero-order valence-electron chi connectivity index (χ0n) is 18.0. The summed E-state index contributed by atoms with van der Waals surface area (Å²) in [6.07, 6.45) is 10.2. The molecule has 2 N–H and O–H groups in total. The van der Waals surface area contributed by atoms with Crippen molar-refractivity contribution >= 4 is 12.0 Å². The van der Waals surface area contributed by atoms with Gasteiger partial charge in [-0.2, -0.15) is 0 Å². The molecule has 6 nitrogen and oxygen atoms in total. The number of carbonyl (C=O) groups is 2. The Morgan fingerprint density at radius 1 is 1.03 bits per heavy atom. The summed E-state index contributed by atoms with van der Waals surface area (Å²) in [5.74, 6) is 0.303. The predicted molar refractivity (Wildman–Crippen MR) is 116 cm³/mol. The molecule has 2 aliphatic carbocycles. The molecule has 0 radical (unpaired) electrons. The Balaban J connectivity index is 1.58. The number of rotatable bonds is 9. The molecule has 1 aromatic rings. The first kappa shape index (κ1) is 22.6. The maximum Gasteiger partial charge on any atom is 0.332 e. The number of benzene rings is 1. The lowest BCUT2D eigenvalue weighted by atomic mass is 9.87. The Labute approximate surface area is 180 Å². The molecule has 0 heterocycles. The Bertz CT molecular complexity index is 667. The van der Waals surface area contributed by atoms with E-state index in [2.05, 4.69) is 5.32 Å². The average molecular weight is 417 g/mol. The summed E-state index contributed by atoms with van der Waals surface area (Å²) in [7, 11) is 0. The minimum atomic E-state index is -0.954. The topological polar surface area (TPSA) is 78.9 Å². The smallest absolute Gasteiger partial charge is 0.332 e. The van der Waals surface area contributed by atoms with Gasteiger partial charge in [0.2, 0.25) is 0 Å². The molecule has 0 aliphatic heterocycles. The number of carbonyl (C=O) groups excluding carboxylic acids is 2. The first-order valence-corrected chi connectivity index (χ1v) is 11.5. The molecular formula is C24H36N2O4. The van der Waals surface area contributed by atoms with E-state index in [1.54, 1.807) is 4.90 Å². The largest absolute Gasteiger partial charge is 0.459 e. The van der Waals surface area contributed by atoms with Gasteiger partial charge in [-0.3, -0.25) is 0 Å². The van der Waals surface area contributed by atoms with E-state index in [4.69, 9.17) is 4.74 Å². The second-order valence-corrected chi connectivity index (χ2v) is 8.78. The third-order valence-corrected chi connectivity index (χ3v) is 6.60. The molecule has 2 saturated carbocycles. The number of esters is 1. The monoisotopic (exact) mass is 416 g/mol. The number of nitrogens with one attached hydrogen (secondary N) is 1. The molecular weight excluding hydrogens is 380 g/mol. The molecule has 1 aromatic carbocycles. The third kappa shape index (κ3) is 6.21. The van der Waals surface area contributed by atoms with Crippen LogP contribution in [0, 0.1) is 5.92 Å². The van der Waals surface area contributed by atoms with Crippen LogP contribution in [0.3, 0.4) is 0 Å². The molecule has 2 fully saturated rings. The summed E-state index contributed by atoms with van der Waals surface area (Å²) < 4.78 is 5.59. The number of aliphatic hydroxyl groups excluding tert-OH is 1. The molecule has 0 spiro atoms. The van der Waals surface area contributed by atoms with Crippen molar-refractivity contribution < 1.29 is 19.4 Å². The third-order valence-electron chi connectivity index (χ3n) is 6.60. The zero-order chi connectivity index (χ0) is 21.2. The van der Waals surface area contributed by atoms with E-state index < -0.39 is 5.54 Å². The van der Waals surface area contributed by atoms with Gasteiger partial charge in [-0.25, -0.2) is 9.59 Å². The molecule has 3 rings (SSSR count). The summed E-state index contributed by atoms with van der Waals surface area (Å²) >= 11 is 0. The Morgan fingerprint density at radius 3 is 2.40 bits per heavy atom. The van der Waals surface area contributed by atoms with Gasteiger partial charge in [0.25, 0.3) is 0 Å². The van der Waals surface area contributed by atoms with Crippen molar-refractivity contribution in [2.75, 3.05) is 19.7 Å². The van der Waals surface area contributed by atoms with Crippen molar-refractivity contribution in [3.8, 4) is 0 Å². The molecule has 2 aliphatic rings. The molecule has 0 bridgehead atoms. The summed E-state index contributed by atoms with van der Waals surface area (Å²) in [6.45, 7) is 1.03. The van der Waals surface area contributed by atoms with Gasteiger partial charge in [0, 0.05) is 13.1 Å². The highest BCUT2D eigenvalue weighted by Crippen LogP contribution is 2.32. The van der Waals surface area contributed by atoms with Gasteiger partial charge in [-0.05, 0) is 30.7 Å². The number of ether oxygens (including phenoxy) is 1. The van der Waals surface area contributed by atoms with E-state index in [0.717, 1.165) is 24.8 Å². The number of hydrogen-bond acceptors (Lipinski definition) is 4. The minimum Gasteiger partial charge on any atom is -0.459 e. The Hall–Kier alpha value is -2.08. The fraction of sp³-hybridized carbons (Fsp3) is 0.667. The van der Waals surface area contributed by atoms with E-state index in [0.29, 0.717) is 25.3 Å². The quantitative estimate of drug-likeness (QED) is 0.596. The highest BCUT2D eigenvalue weighted by Gasteiger charge is 2.44. The van der Waals surface area contributed by atoms with Gasteiger partial charge < -0.3 is 20.1 Å². The van der Waals surface area contributed by atoms with Crippen LogP contribution >= 0.6 is 0 Å². The molecule has 0 unspecified atom stereocenters. The van der Waals surface area contributed by atoms with Crippen molar-refractivity contribution in [3.05, 3.63) is 35.9 Å². The number of hydrogen-bond donors (Lipinski definition) is 2. The zero-order valence-corrected chi connectivity index (χ0v) is 18.0. The lowest BCUT2D eigenvalue weighted by Gasteiger charge is -2.32. The Morgan fingerprint density at radius 2 is 1.73 bits per heavy atom. The highest BCUT2D eigenvalue weighted by molar-refractivity contribution is 5.87. The molecule has 0 saturated heterocycles. The normalized spacial score (nSPS) is 18.7. The van der Waals surface area contributed by atoms with E-state index in [1.165, 1.54) is 32.1 Å². The number of urea groups is 1. The second-order valence-electron chi connectivity index (χ2n) is 8.78. The van der Waals surface area contributed by atoms with Gasteiger partial charge >= 0.3 is 12.0 Å². The first-order chi connectivity index (χ1) is 14.6.